The number of amides is 1. The van der Waals surface area contributed by atoms with Crippen molar-refractivity contribution in [1.29, 1.82) is 0 Å². The van der Waals surface area contributed by atoms with Gasteiger partial charge >= 0.3 is 0 Å². The van der Waals surface area contributed by atoms with Gasteiger partial charge in [0.05, 0.1) is 23.9 Å². The van der Waals surface area contributed by atoms with Crippen LogP contribution in [0.4, 0.5) is 0 Å². The Balaban J connectivity index is 2.02. The van der Waals surface area contributed by atoms with Gasteiger partial charge in [0.2, 0.25) is 0 Å². The minimum atomic E-state index is -0.238. The maximum atomic E-state index is 12.3. The van der Waals surface area contributed by atoms with Gasteiger partial charge in [-0.2, -0.15) is 0 Å². The quantitative estimate of drug-likeness (QED) is 0.855. The summed E-state index contributed by atoms with van der Waals surface area (Å²) in [6.07, 6.45) is 1.43. The molecular weight excluding hydrogens is 326 g/mol. The van der Waals surface area contributed by atoms with Crippen molar-refractivity contribution in [1.82, 2.24) is 5.32 Å². The van der Waals surface area contributed by atoms with Crippen molar-refractivity contribution in [2.75, 3.05) is 13.2 Å². The van der Waals surface area contributed by atoms with Gasteiger partial charge < -0.3 is 14.5 Å². The van der Waals surface area contributed by atoms with E-state index in [9.17, 15) is 9.59 Å². The third kappa shape index (κ3) is 2.22. The number of halogens is 1. The van der Waals surface area contributed by atoms with Crippen LogP contribution in [0.15, 0.2) is 39.6 Å². The molecule has 0 saturated carbocycles. The molecule has 3 rings (SSSR count). The second-order valence-corrected chi connectivity index (χ2v) is 4.97. The molecule has 0 aliphatic carbocycles. The molecule has 1 aliphatic heterocycles. The minimum absolute atomic E-state index is 0.217. The van der Waals surface area contributed by atoms with Gasteiger partial charge in [-0.25, -0.2) is 0 Å². The van der Waals surface area contributed by atoms with Crippen molar-refractivity contribution in [2.24, 2.45) is 0 Å². The van der Waals surface area contributed by atoms with E-state index in [0.29, 0.717) is 40.3 Å². The number of hydrogen-bond acceptors (Lipinski definition) is 4. The van der Waals surface area contributed by atoms with E-state index in [1.165, 1.54) is 12.3 Å². The number of rotatable bonds is 2. The summed E-state index contributed by atoms with van der Waals surface area (Å²) in [5.41, 5.74) is 1.19. The van der Waals surface area contributed by atoms with Crippen LogP contribution >= 0.6 is 15.9 Å². The Morgan fingerprint density at radius 1 is 1.30 bits per heavy atom. The first-order chi connectivity index (χ1) is 9.66. The smallest absolute Gasteiger partial charge is 0.255 e. The van der Waals surface area contributed by atoms with E-state index in [2.05, 4.69) is 21.2 Å². The molecule has 1 aromatic carbocycles. The van der Waals surface area contributed by atoms with Crippen LogP contribution in [0.5, 0.6) is 5.75 Å². The molecule has 0 radical (unpaired) electrons. The van der Waals surface area contributed by atoms with E-state index in [4.69, 9.17) is 9.15 Å². The van der Waals surface area contributed by atoms with Crippen LogP contribution in [-0.2, 0) is 0 Å². The number of ketones is 1. The van der Waals surface area contributed by atoms with Crippen molar-refractivity contribution in [3.63, 3.8) is 0 Å². The lowest BCUT2D eigenvalue weighted by molar-refractivity contribution is 0.0957. The first-order valence-corrected chi connectivity index (χ1v) is 6.79. The number of ether oxygens (including phenoxy) is 1. The molecule has 20 heavy (non-hydrogen) atoms. The van der Waals surface area contributed by atoms with Gasteiger partial charge in [0.25, 0.3) is 5.91 Å². The normalized spacial score (nSPS) is 13.9. The number of nitrogens with one attached hydrogen (secondary N) is 1. The summed E-state index contributed by atoms with van der Waals surface area (Å²) in [7, 11) is 0. The zero-order valence-electron chi connectivity index (χ0n) is 10.3. The molecule has 2 heterocycles. The minimum Gasteiger partial charge on any atom is -0.491 e. The molecular formula is C14H10BrNO4. The lowest BCUT2D eigenvalue weighted by Crippen LogP contribution is -2.24. The number of fused-ring (bicyclic) bond motifs is 1. The predicted molar refractivity (Wildman–Crippen MR) is 74.1 cm³/mol. The van der Waals surface area contributed by atoms with Crippen molar-refractivity contribution >= 4 is 27.6 Å². The zero-order valence-corrected chi connectivity index (χ0v) is 11.9. The molecule has 2 aromatic rings. The van der Waals surface area contributed by atoms with Gasteiger partial charge in [-0.1, -0.05) is 0 Å². The Labute approximate surface area is 123 Å². The van der Waals surface area contributed by atoms with Gasteiger partial charge in [-0.15, -0.1) is 0 Å². The summed E-state index contributed by atoms with van der Waals surface area (Å²) in [5, 5.41) is 2.71. The molecule has 0 atom stereocenters. The predicted octanol–water partition coefficient (Wildman–Crippen LogP) is 2.40. The Morgan fingerprint density at radius 2 is 2.15 bits per heavy atom. The second kappa shape index (κ2) is 5.13. The highest BCUT2D eigenvalue weighted by Crippen LogP contribution is 2.25. The fourth-order valence-electron chi connectivity index (χ4n) is 2.01. The van der Waals surface area contributed by atoms with E-state index in [0.717, 1.165) is 0 Å². The summed E-state index contributed by atoms with van der Waals surface area (Å²) >= 11 is 3.17. The van der Waals surface area contributed by atoms with Crippen LogP contribution in [0.2, 0.25) is 0 Å². The highest BCUT2D eigenvalue weighted by atomic mass is 79.9. The monoisotopic (exact) mass is 335 g/mol. The topological polar surface area (TPSA) is 68.5 Å². The van der Waals surface area contributed by atoms with E-state index in [1.807, 2.05) is 0 Å². The van der Waals surface area contributed by atoms with Crippen molar-refractivity contribution < 1.29 is 18.7 Å². The number of furan rings is 1. The number of hydrogen-bond donors (Lipinski definition) is 1. The third-order valence-electron chi connectivity index (χ3n) is 2.99. The van der Waals surface area contributed by atoms with E-state index >= 15 is 0 Å². The van der Waals surface area contributed by atoms with E-state index < -0.39 is 0 Å². The Hall–Kier alpha value is -2.08. The first-order valence-electron chi connectivity index (χ1n) is 5.99. The van der Waals surface area contributed by atoms with Crippen molar-refractivity contribution in [3.05, 3.63) is 51.9 Å². The SMILES string of the molecule is O=C1NCCOc2ccc(C(=O)c3ccoc3Br)cc21. The van der Waals surface area contributed by atoms with Crippen molar-refractivity contribution in [2.45, 2.75) is 0 Å². The van der Waals surface area contributed by atoms with Gasteiger partial charge in [0.1, 0.15) is 12.4 Å². The first kappa shape index (κ1) is 12.9. The van der Waals surface area contributed by atoms with Gasteiger partial charge in [-0.3, -0.25) is 9.59 Å². The Morgan fingerprint density at radius 3 is 2.90 bits per heavy atom. The van der Waals surface area contributed by atoms with Crippen LogP contribution in [0.3, 0.4) is 0 Å². The lowest BCUT2D eigenvalue weighted by Gasteiger charge is -2.07. The number of carbonyl (C=O) groups is 2. The average Bonchev–Trinajstić information content (AvgIpc) is 2.79. The van der Waals surface area contributed by atoms with Crippen LogP contribution < -0.4 is 10.1 Å². The second-order valence-electron chi connectivity index (χ2n) is 4.25. The summed E-state index contributed by atoms with van der Waals surface area (Å²) in [5.74, 6) is 0.0340. The Kier molecular flexibility index (Phi) is 3.31. The largest absolute Gasteiger partial charge is 0.491 e. The molecule has 0 spiro atoms. The summed E-state index contributed by atoms with van der Waals surface area (Å²) in [6, 6.07) is 6.40. The van der Waals surface area contributed by atoms with E-state index in [1.54, 1.807) is 18.2 Å². The highest BCUT2D eigenvalue weighted by molar-refractivity contribution is 9.10. The molecule has 5 nitrogen and oxygen atoms in total. The number of carbonyl (C=O) groups excluding carboxylic acids is 2. The Bertz CT molecular complexity index is 692. The molecule has 0 bridgehead atoms. The molecule has 1 aromatic heterocycles. The van der Waals surface area contributed by atoms with Gasteiger partial charge in [0, 0.05) is 5.56 Å². The van der Waals surface area contributed by atoms with Crippen LogP contribution in [0.1, 0.15) is 26.3 Å². The van der Waals surface area contributed by atoms with E-state index in [-0.39, 0.29) is 11.7 Å². The van der Waals surface area contributed by atoms with Gasteiger partial charge in [-0.05, 0) is 40.2 Å². The van der Waals surface area contributed by atoms with Crippen LogP contribution in [0.25, 0.3) is 0 Å². The highest BCUT2D eigenvalue weighted by Gasteiger charge is 2.21. The molecule has 0 saturated heterocycles. The maximum Gasteiger partial charge on any atom is 0.255 e. The average molecular weight is 336 g/mol. The zero-order chi connectivity index (χ0) is 14.1. The molecule has 6 heteroatoms. The summed E-state index contributed by atoms with van der Waals surface area (Å²) in [4.78, 5) is 24.2. The standard InChI is InChI=1S/C14H10BrNO4/c15-13-9(3-5-20-13)12(17)8-1-2-11-10(7-8)14(18)16-4-6-19-11/h1-3,5,7H,4,6H2,(H,16,18). The lowest BCUT2D eigenvalue weighted by atomic mass is 10.0. The molecule has 0 unspecified atom stereocenters. The molecule has 1 amide bonds. The molecule has 1 N–H and O–H groups in total. The van der Waals surface area contributed by atoms with Crippen LogP contribution in [-0.4, -0.2) is 24.8 Å². The summed E-state index contributed by atoms with van der Waals surface area (Å²) in [6.45, 7) is 0.864. The molecule has 1 aliphatic rings. The fourth-order valence-corrected chi connectivity index (χ4v) is 2.43. The molecule has 0 fully saturated rings. The van der Waals surface area contributed by atoms with Crippen molar-refractivity contribution in [3.8, 4) is 5.75 Å². The summed E-state index contributed by atoms with van der Waals surface area (Å²) < 4.78 is 10.9. The van der Waals surface area contributed by atoms with Crippen LogP contribution in [0, 0.1) is 0 Å². The fraction of sp³-hybridized carbons (Fsp3) is 0.143. The third-order valence-corrected chi connectivity index (χ3v) is 3.61. The maximum absolute atomic E-state index is 12.3. The van der Waals surface area contributed by atoms with Gasteiger partial charge in [0.15, 0.2) is 10.5 Å². The molecule has 102 valence electrons. The number of benzene rings is 1.